The van der Waals surface area contributed by atoms with E-state index in [4.69, 9.17) is 0 Å². The van der Waals surface area contributed by atoms with Crippen LogP contribution >= 0.6 is 0 Å². The van der Waals surface area contributed by atoms with Crippen molar-refractivity contribution in [3.63, 3.8) is 0 Å². The Labute approximate surface area is 87.7 Å². The van der Waals surface area contributed by atoms with E-state index in [1.807, 2.05) is 0 Å². The van der Waals surface area contributed by atoms with Crippen molar-refractivity contribution in [3.05, 3.63) is 0 Å². The lowest BCUT2D eigenvalue weighted by atomic mass is 10.0. The molecular weight excluding hydrogens is 176 g/mol. The van der Waals surface area contributed by atoms with E-state index < -0.39 is 0 Å². The van der Waals surface area contributed by atoms with E-state index in [0.29, 0.717) is 25.0 Å². The van der Waals surface area contributed by atoms with Gasteiger partial charge in [0.2, 0.25) is 0 Å². The maximum absolute atomic E-state index is 11.3. The van der Waals surface area contributed by atoms with Crippen LogP contribution in [0, 0.1) is 0 Å². The first-order chi connectivity index (χ1) is 6.70. The molecule has 1 atom stereocenters. The maximum atomic E-state index is 11.3. The molecule has 0 aromatic carbocycles. The quantitative estimate of drug-likeness (QED) is 0.621. The predicted molar refractivity (Wildman–Crippen MR) is 59.3 cm³/mol. The van der Waals surface area contributed by atoms with E-state index in [-0.39, 0.29) is 6.10 Å². The van der Waals surface area contributed by atoms with Gasteiger partial charge in [0.25, 0.3) is 0 Å². The summed E-state index contributed by atoms with van der Waals surface area (Å²) in [4.78, 5) is 11.3. The fraction of sp³-hybridized carbons (Fsp3) is 0.917. The molecule has 0 saturated heterocycles. The smallest absolute Gasteiger partial charge is 0.133 e. The number of carbonyl (C=O) groups excluding carboxylic acids is 1. The molecule has 0 radical (unpaired) electrons. The van der Waals surface area contributed by atoms with Gasteiger partial charge in [0.15, 0.2) is 0 Å². The number of carbonyl (C=O) groups is 1. The monoisotopic (exact) mass is 200 g/mol. The Hall–Kier alpha value is -0.370. The molecule has 0 amide bonds. The molecule has 84 valence electrons. The summed E-state index contributed by atoms with van der Waals surface area (Å²) in [7, 11) is 0. The van der Waals surface area contributed by atoms with Gasteiger partial charge in [0.1, 0.15) is 5.78 Å². The standard InChI is InChI=1S/C12H24O2/c1-3-5-7-11(13)9-10-12(14)8-6-4-2/h11,13H,3-10H2,1-2H3. The van der Waals surface area contributed by atoms with E-state index in [1.165, 1.54) is 0 Å². The van der Waals surface area contributed by atoms with E-state index >= 15 is 0 Å². The van der Waals surface area contributed by atoms with Gasteiger partial charge in [-0.25, -0.2) is 0 Å². The molecule has 0 heterocycles. The highest BCUT2D eigenvalue weighted by atomic mass is 16.3. The van der Waals surface area contributed by atoms with Crippen molar-refractivity contribution in [2.45, 2.75) is 71.3 Å². The van der Waals surface area contributed by atoms with Crippen LogP contribution in [0.1, 0.15) is 65.2 Å². The molecule has 0 aromatic heterocycles. The molecule has 0 fully saturated rings. The fourth-order valence-corrected chi connectivity index (χ4v) is 1.41. The van der Waals surface area contributed by atoms with Gasteiger partial charge in [0, 0.05) is 12.8 Å². The largest absolute Gasteiger partial charge is 0.393 e. The van der Waals surface area contributed by atoms with Crippen molar-refractivity contribution in [3.8, 4) is 0 Å². The fourth-order valence-electron chi connectivity index (χ4n) is 1.41. The number of ketones is 1. The number of aliphatic hydroxyl groups is 1. The molecule has 1 N–H and O–H groups in total. The van der Waals surface area contributed by atoms with E-state index in [1.54, 1.807) is 0 Å². The first kappa shape index (κ1) is 13.6. The van der Waals surface area contributed by atoms with Gasteiger partial charge in [-0.15, -0.1) is 0 Å². The summed E-state index contributed by atoms with van der Waals surface area (Å²) in [6.07, 6.45) is 6.72. The van der Waals surface area contributed by atoms with Crippen LogP contribution in [0.5, 0.6) is 0 Å². The van der Waals surface area contributed by atoms with Crippen LogP contribution in [0.4, 0.5) is 0 Å². The average molecular weight is 200 g/mol. The van der Waals surface area contributed by atoms with Crippen LogP contribution in [0.15, 0.2) is 0 Å². The molecule has 0 bridgehead atoms. The number of aliphatic hydroxyl groups excluding tert-OH is 1. The first-order valence-electron chi connectivity index (χ1n) is 5.90. The third-order valence-corrected chi connectivity index (χ3v) is 2.46. The molecule has 0 aliphatic heterocycles. The topological polar surface area (TPSA) is 37.3 Å². The molecule has 1 unspecified atom stereocenters. The zero-order valence-corrected chi connectivity index (χ0v) is 9.59. The molecule has 0 aromatic rings. The van der Waals surface area contributed by atoms with Crippen LogP contribution in [0.2, 0.25) is 0 Å². The Balaban J connectivity index is 3.36. The molecule has 0 spiro atoms. The summed E-state index contributed by atoms with van der Waals surface area (Å²) >= 11 is 0. The SMILES string of the molecule is CCCCC(=O)CCC(O)CCCC. The average Bonchev–Trinajstić information content (AvgIpc) is 2.20. The lowest BCUT2D eigenvalue weighted by molar-refractivity contribution is -0.119. The highest BCUT2D eigenvalue weighted by molar-refractivity contribution is 5.78. The molecule has 0 rings (SSSR count). The lowest BCUT2D eigenvalue weighted by Crippen LogP contribution is -2.09. The summed E-state index contributed by atoms with van der Waals surface area (Å²) in [6, 6.07) is 0. The summed E-state index contributed by atoms with van der Waals surface area (Å²) in [5, 5.41) is 9.50. The van der Waals surface area contributed by atoms with Crippen LogP contribution < -0.4 is 0 Å². The number of rotatable bonds is 9. The second-order valence-corrected chi connectivity index (χ2v) is 3.98. The van der Waals surface area contributed by atoms with Crippen molar-refractivity contribution in [1.29, 1.82) is 0 Å². The Bertz CT molecular complexity index is 143. The Morgan fingerprint density at radius 2 is 1.71 bits per heavy atom. The third kappa shape index (κ3) is 8.24. The van der Waals surface area contributed by atoms with E-state index in [2.05, 4.69) is 13.8 Å². The lowest BCUT2D eigenvalue weighted by Gasteiger charge is -2.08. The predicted octanol–water partition coefficient (Wildman–Crippen LogP) is 3.08. The zero-order chi connectivity index (χ0) is 10.8. The van der Waals surface area contributed by atoms with Crippen LogP contribution in [0.3, 0.4) is 0 Å². The maximum Gasteiger partial charge on any atom is 0.133 e. The second kappa shape index (κ2) is 9.20. The number of hydrogen-bond acceptors (Lipinski definition) is 2. The molecule has 14 heavy (non-hydrogen) atoms. The Morgan fingerprint density at radius 1 is 1.07 bits per heavy atom. The Kier molecular flexibility index (Phi) is 8.95. The molecule has 0 aliphatic rings. The third-order valence-electron chi connectivity index (χ3n) is 2.46. The van der Waals surface area contributed by atoms with Crippen LogP contribution in [0.25, 0.3) is 0 Å². The normalized spacial score (nSPS) is 12.8. The molecule has 2 nitrogen and oxygen atoms in total. The molecule has 0 aliphatic carbocycles. The highest BCUT2D eigenvalue weighted by Gasteiger charge is 2.07. The Morgan fingerprint density at radius 3 is 2.29 bits per heavy atom. The summed E-state index contributed by atoms with van der Waals surface area (Å²) < 4.78 is 0. The van der Waals surface area contributed by atoms with Gasteiger partial charge >= 0.3 is 0 Å². The van der Waals surface area contributed by atoms with Crippen LogP contribution in [-0.2, 0) is 4.79 Å². The van der Waals surface area contributed by atoms with Crippen molar-refractivity contribution in [2.75, 3.05) is 0 Å². The minimum Gasteiger partial charge on any atom is -0.393 e. The van der Waals surface area contributed by atoms with Crippen molar-refractivity contribution < 1.29 is 9.90 Å². The second-order valence-electron chi connectivity index (χ2n) is 3.98. The summed E-state index contributed by atoms with van der Waals surface area (Å²) in [5.41, 5.74) is 0. The van der Waals surface area contributed by atoms with Gasteiger partial charge in [-0.2, -0.15) is 0 Å². The molecule has 0 saturated carbocycles. The number of Topliss-reactive ketones (excluding diaryl/α,β-unsaturated/α-hetero) is 1. The highest BCUT2D eigenvalue weighted by Crippen LogP contribution is 2.08. The minimum atomic E-state index is -0.263. The van der Waals surface area contributed by atoms with Crippen molar-refractivity contribution >= 4 is 5.78 Å². The van der Waals surface area contributed by atoms with E-state index in [9.17, 15) is 9.90 Å². The first-order valence-corrected chi connectivity index (χ1v) is 5.90. The van der Waals surface area contributed by atoms with Gasteiger partial charge in [-0.1, -0.05) is 33.1 Å². The van der Waals surface area contributed by atoms with Gasteiger partial charge in [-0.05, 0) is 19.3 Å². The summed E-state index contributed by atoms with van der Waals surface area (Å²) in [5.74, 6) is 0.308. The van der Waals surface area contributed by atoms with Crippen molar-refractivity contribution in [2.24, 2.45) is 0 Å². The molecule has 2 heteroatoms. The van der Waals surface area contributed by atoms with E-state index in [0.717, 1.165) is 32.1 Å². The van der Waals surface area contributed by atoms with Crippen molar-refractivity contribution in [1.82, 2.24) is 0 Å². The number of unbranched alkanes of at least 4 members (excludes halogenated alkanes) is 2. The molecular formula is C12H24O2. The van der Waals surface area contributed by atoms with Crippen LogP contribution in [-0.4, -0.2) is 17.0 Å². The number of hydrogen-bond donors (Lipinski definition) is 1. The van der Waals surface area contributed by atoms with Gasteiger partial charge in [0.05, 0.1) is 6.10 Å². The summed E-state index contributed by atoms with van der Waals surface area (Å²) in [6.45, 7) is 4.20. The van der Waals surface area contributed by atoms with Gasteiger partial charge < -0.3 is 5.11 Å². The minimum absolute atomic E-state index is 0.263. The zero-order valence-electron chi connectivity index (χ0n) is 9.59. The van der Waals surface area contributed by atoms with Gasteiger partial charge in [-0.3, -0.25) is 4.79 Å².